The van der Waals surface area contributed by atoms with Gasteiger partial charge in [0.2, 0.25) is 5.91 Å². The molecule has 0 saturated carbocycles. The second-order valence-corrected chi connectivity index (χ2v) is 8.03. The molecule has 0 aliphatic carbocycles. The maximum Gasteiger partial charge on any atom is 0.266 e. The van der Waals surface area contributed by atoms with Gasteiger partial charge in [0, 0.05) is 30.0 Å². The third kappa shape index (κ3) is 5.16. The molecule has 0 bridgehead atoms. The van der Waals surface area contributed by atoms with Crippen molar-refractivity contribution < 1.29 is 9.21 Å². The van der Waals surface area contributed by atoms with Gasteiger partial charge >= 0.3 is 0 Å². The minimum Gasteiger partial charge on any atom is -0.463 e. The van der Waals surface area contributed by atoms with Crippen LogP contribution in [-0.4, -0.2) is 27.2 Å². The number of nitrogens with zero attached hydrogens (tertiary/aromatic N) is 3. The van der Waals surface area contributed by atoms with Crippen LogP contribution in [0.2, 0.25) is 0 Å². The summed E-state index contributed by atoms with van der Waals surface area (Å²) < 4.78 is 6.63. The van der Waals surface area contributed by atoms with Crippen LogP contribution in [0.5, 0.6) is 0 Å². The lowest BCUT2D eigenvalue weighted by atomic mass is 10.1. The molecule has 1 atom stereocenters. The Morgan fingerprint density at radius 3 is 2.77 bits per heavy atom. The second kappa shape index (κ2) is 9.53. The summed E-state index contributed by atoms with van der Waals surface area (Å²) >= 11 is 1.59. The van der Waals surface area contributed by atoms with Gasteiger partial charge in [0.25, 0.3) is 5.56 Å². The van der Waals surface area contributed by atoms with E-state index < -0.39 is 5.92 Å². The van der Waals surface area contributed by atoms with Crippen LogP contribution in [0.15, 0.2) is 75.5 Å². The van der Waals surface area contributed by atoms with Crippen LogP contribution in [0.25, 0.3) is 22.0 Å². The molecule has 0 spiro atoms. The van der Waals surface area contributed by atoms with Crippen LogP contribution in [0.3, 0.4) is 0 Å². The first-order valence-electron chi connectivity index (χ1n) is 10.00. The van der Waals surface area contributed by atoms with Crippen molar-refractivity contribution in [2.75, 3.05) is 6.54 Å². The highest BCUT2D eigenvalue weighted by Gasteiger charge is 2.16. The van der Waals surface area contributed by atoms with Gasteiger partial charge in [-0.1, -0.05) is 37.3 Å². The molecule has 3 aromatic heterocycles. The number of thiazole rings is 1. The molecule has 31 heavy (non-hydrogen) atoms. The van der Waals surface area contributed by atoms with Crippen LogP contribution in [0, 0.1) is 5.92 Å². The topological polar surface area (TPSA) is 90.0 Å². The van der Waals surface area contributed by atoms with Crippen LogP contribution in [0.1, 0.15) is 12.6 Å². The van der Waals surface area contributed by atoms with Crippen LogP contribution in [-0.2, 0) is 17.8 Å². The number of hydrogen-bond donors (Lipinski definition) is 1. The molecule has 0 aliphatic rings. The zero-order chi connectivity index (χ0) is 21.6. The molecule has 0 aliphatic heterocycles. The first-order valence-corrected chi connectivity index (χ1v) is 10.9. The zero-order valence-electron chi connectivity index (χ0n) is 17.0. The lowest BCUT2D eigenvalue weighted by Gasteiger charge is -2.13. The molecule has 4 aromatic rings. The predicted octanol–water partition coefficient (Wildman–Crippen LogP) is 3.62. The van der Waals surface area contributed by atoms with Gasteiger partial charge < -0.3 is 9.73 Å². The maximum atomic E-state index is 12.5. The van der Waals surface area contributed by atoms with Crippen LogP contribution >= 0.6 is 11.3 Å². The second-order valence-electron chi connectivity index (χ2n) is 7.17. The zero-order valence-corrected chi connectivity index (χ0v) is 17.8. The van der Waals surface area contributed by atoms with E-state index in [9.17, 15) is 9.59 Å². The van der Waals surface area contributed by atoms with E-state index in [1.165, 1.54) is 10.7 Å². The summed E-state index contributed by atoms with van der Waals surface area (Å²) in [4.78, 5) is 29.3. The maximum absolute atomic E-state index is 12.5. The number of hydrogen-bond acceptors (Lipinski definition) is 6. The standard InChI is InChI=1S/C23H22N4O3S/c1-16(14-27-21(28)10-9-19(26-27)20-8-5-13-30-20)22(29)24-12-11-18-15-31-23(25-18)17-6-3-2-4-7-17/h2-10,13,15-16H,11-12,14H2,1H3,(H,24,29)/t16-/m1/s1. The van der Waals surface area contributed by atoms with E-state index in [4.69, 9.17) is 4.42 Å². The largest absolute Gasteiger partial charge is 0.463 e. The lowest BCUT2D eigenvalue weighted by Crippen LogP contribution is -2.35. The minimum absolute atomic E-state index is 0.129. The Morgan fingerprint density at radius 2 is 2.00 bits per heavy atom. The first-order chi connectivity index (χ1) is 15.1. The van der Waals surface area contributed by atoms with E-state index in [0.717, 1.165) is 16.3 Å². The molecule has 158 valence electrons. The monoisotopic (exact) mass is 434 g/mol. The van der Waals surface area contributed by atoms with Gasteiger partial charge in [0.15, 0.2) is 5.76 Å². The fourth-order valence-electron chi connectivity index (χ4n) is 3.10. The van der Waals surface area contributed by atoms with Crippen LogP contribution in [0.4, 0.5) is 0 Å². The van der Waals surface area contributed by atoms with E-state index in [0.29, 0.717) is 24.4 Å². The average Bonchev–Trinajstić information content (AvgIpc) is 3.48. The first kappa shape index (κ1) is 20.7. The Bertz CT molecular complexity index is 1200. The van der Waals surface area contributed by atoms with Crippen LogP contribution < -0.4 is 10.9 Å². The number of nitrogens with one attached hydrogen (secondary N) is 1. The summed E-state index contributed by atoms with van der Waals surface area (Å²) in [7, 11) is 0. The Hall–Kier alpha value is -3.52. The summed E-state index contributed by atoms with van der Waals surface area (Å²) in [6.45, 7) is 2.45. The fourth-order valence-corrected chi connectivity index (χ4v) is 3.96. The SMILES string of the molecule is C[C@H](Cn1nc(-c2ccco2)ccc1=O)C(=O)NCCc1csc(-c2ccccc2)n1. The van der Waals surface area contributed by atoms with Gasteiger partial charge in [-0.25, -0.2) is 9.67 Å². The Labute approximate surface area is 183 Å². The highest BCUT2D eigenvalue weighted by Crippen LogP contribution is 2.23. The molecular weight excluding hydrogens is 412 g/mol. The molecule has 0 saturated heterocycles. The molecule has 7 nitrogen and oxygen atoms in total. The third-order valence-corrected chi connectivity index (χ3v) is 5.73. The van der Waals surface area contributed by atoms with Crippen molar-refractivity contribution in [3.05, 3.63) is 82.3 Å². The van der Waals surface area contributed by atoms with Gasteiger partial charge in [-0.15, -0.1) is 11.3 Å². The number of rotatable bonds is 8. The number of amides is 1. The van der Waals surface area contributed by atoms with Crippen molar-refractivity contribution in [2.24, 2.45) is 5.92 Å². The normalized spacial score (nSPS) is 11.9. The molecule has 1 N–H and O–H groups in total. The van der Waals surface area contributed by atoms with E-state index in [1.54, 1.807) is 42.7 Å². The Balaban J connectivity index is 1.31. The number of furan rings is 1. The molecule has 0 radical (unpaired) electrons. The Kier molecular flexibility index (Phi) is 6.37. The average molecular weight is 435 g/mol. The van der Waals surface area contributed by atoms with Crippen molar-refractivity contribution in [3.63, 3.8) is 0 Å². The van der Waals surface area contributed by atoms with Crippen molar-refractivity contribution >= 4 is 17.2 Å². The minimum atomic E-state index is -0.410. The summed E-state index contributed by atoms with van der Waals surface area (Å²) in [5.41, 5.74) is 2.33. The van der Waals surface area contributed by atoms with E-state index >= 15 is 0 Å². The Morgan fingerprint density at radius 1 is 1.16 bits per heavy atom. The highest BCUT2D eigenvalue weighted by molar-refractivity contribution is 7.13. The van der Waals surface area contributed by atoms with E-state index in [-0.39, 0.29) is 18.0 Å². The molecule has 1 aromatic carbocycles. The molecule has 0 unspecified atom stereocenters. The van der Waals surface area contributed by atoms with Crippen molar-refractivity contribution in [1.29, 1.82) is 0 Å². The van der Waals surface area contributed by atoms with Gasteiger partial charge in [0.05, 0.1) is 24.4 Å². The summed E-state index contributed by atoms with van der Waals surface area (Å²) in [6, 6.07) is 16.6. The molecule has 1 amide bonds. The third-order valence-electron chi connectivity index (χ3n) is 4.79. The number of aromatic nitrogens is 3. The number of carbonyl (C=O) groups is 1. The molecule has 4 rings (SSSR count). The highest BCUT2D eigenvalue weighted by atomic mass is 32.1. The van der Waals surface area contributed by atoms with Crippen molar-refractivity contribution in [3.8, 4) is 22.0 Å². The molecular formula is C23H22N4O3S. The summed E-state index contributed by atoms with van der Waals surface area (Å²) in [5.74, 6) is 0.0342. The number of benzene rings is 1. The lowest BCUT2D eigenvalue weighted by molar-refractivity contribution is -0.124. The molecule has 8 heteroatoms. The summed E-state index contributed by atoms with van der Waals surface area (Å²) in [6.07, 6.45) is 2.20. The van der Waals surface area contributed by atoms with Gasteiger partial charge in [-0.2, -0.15) is 5.10 Å². The van der Waals surface area contributed by atoms with Gasteiger partial charge in [-0.3, -0.25) is 9.59 Å². The quantitative estimate of drug-likeness (QED) is 0.457. The van der Waals surface area contributed by atoms with E-state index in [1.807, 2.05) is 35.7 Å². The van der Waals surface area contributed by atoms with Gasteiger partial charge in [-0.05, 0) is 18.2 Å². The van der Waals surface area contributed by atoms with Crippen molar-refractivity contribution in [2.45, 2.75) is 19.9 Å². The summed E-state index contributed by atoms with van der Waals surface area (Å²) in [5, 5.41) is 10.2. The fraction of sp³-hybridized carbons (Fsp3) is 0.217. The molecule has 3 heterocycles. The molecule has 0 fully saturated rings. The van der Waals surface area contributed by atoms with Crippen molar-refractivity contribution in [1.82, 2.24) is 20.1 Å². The van der Waals surface area contributed by atoms with E-state index in [2.05, 4.69) is 15.4 Å². The van der Waals surface area contributed by atoms with Gasteiger partial charge in [0.1, 0.15) is 10.7 Å². The smallest absolute Gasteiger partial charge is 0.266 e. The number of carbonyl (C=O) groups excluding carboxylic acids is 1. The predicted molar refractivity (Wildman–Crippen MR) is 120 cm³/mol.